The molecule has 0 atom stereocenters. The fraction of sp³-hybridized carbons (Fsp3) is 0.111. The summed E-state index contributed by atoms with van der Waals surface area (Å²) < 4.78 is 0. The monoisotopic (exact) mass is 269 g/mol. The number of carbonyl (C=O) groups excluding carboxylic acids is 1. The summed E-state index contributed by atoms with van der Waals surface area (Å²) in [5.41, 5.74) is 0. The molecule has 0 fully saturated rings. The number of carbonyl (C=O) groups is 1. The molecule has 0 aromatic carbocycles. The molecule has 0 bridgehead atoms. The van der Waals surface area contributed by atoms with Crippen LogP contribution >= 0.6 is 22.9 Å². The standard InChI is InChI=1S/C9H8ClN5OS/c1-11-9-15-14-8(17-9)7(16)13-6-3-2-5(10)4-12-6/h2-4H,1H3,(H,11,15)(H,12,13,16). The molecule has 2 rings (SSSR count). The van der Waals surface area contributed by atoms with Gasteiger partial charge in [0.1, 0.15) is 5.82 Å². The van der Waals surface area contributed by atoms with Crippen LogP contribution in [0.5, 0.6) is 0 Å². The number of rotatable bonds is 3. The van der Waals surface area contributed by atoms with Gasteiger partial charge in [0.2, 0.25) is 10.1 Å². The van der Waals surface area contributed by atoms with Gasteiger partial charge in [-0.25, -0.2) is 4.98 Å². The second kappa shape index (κ2) is 5.07. The van der Waals surface area contributed by atoms with Crippen molar-refractivity contribution in [2.75, 3.05) is 17.7 Å². The van der Waals surface area contributed by atoms with Gasteiger partial charge in [0.15, 0.2) is 0 Å². The van der Waals surface area contributed by atoms with E-state index in [2.05, 4.69) is 25.8 Å². The fourth-order valence-electron chi connectivity index (χ4n) is 1.04. The average molecular weight is 270 g/mol. The van der Waals surface area contributed by atoms with Crippen molar-refractivity contribution in [1.29, 1.82) is 0 Å². The first-order valence-electron chi connectivity index (χ1n) is 4.63. The summed E-state index contributed by atoms with van der Waals surface area (Å²) in [5.74, 6) is 0.0689. The summed E-state index contributed by atoms with van der Waals surface area (Å²) in [6, 6.07) is 3.25. The van der Waals surface area contributed by atoms with Crippen LogP contribution < -0.4 is 10.6 Å². The Kier molecular flexibility index (Phi) is 3.50. The number of nitrogens with one attached hydrogen (secondary N) is 2. The molecule has 2 heterocycles. The van der Waals surface area contributed by atoms with Gasteiger partial charge in [-0.2, -0.15) is 0 Å². The minimum atomic E-state index is -0.348. The predicted octanol–water partition coefficient (Wildman–Crippen LogP) is 1.88. The predicted molar refractivity (Wildman–Crippen MR) is 66.7 cm³/mol. The highest BCUT2D eigenvalue weighted by Gasteiger charge is 2.12. The summed E-state index contributed by atoms with van der Waals surface area (Å²) in [6.07, 6.45) is 1.45. The molecule has 0 radical (unpaired) electrons. The van der Waals surface area contributed by atoms with Gasteiger partial charge < -0.3 is 10.6 Å². The summed E-state index contributed by atoms with van der Waals surface area (Å²) in [5, 5.41) is 14.3. The van der Waals surface area contributed by atoms with Crippen molar-refractivity contribution in [2.45, 2.75) is 0 Å². The van der Waals surface area contributed by atoms with E-state index in [1.165, 1.54) is 6.20 Å². The van der Waals surface area contributed by atoms with E-state index in [9.17, 15) is 4.79 Å². The molecule has 0 unspecified atom stereocenters. The van der Waals surface area contributed by atoms with Gasteiger partial charge in [-0.15, -0.1) is 10.2 Å². The zero-order valence-electron chi connectivity index (χ0n) is 8.77. The molecule has 2 aromatic rings. The highest BCUT2D eigenvalue weighted by atomic mass is 35.5. The first kappa shape index (κ1) is 11.7. The Morgan fingerprint density at radius 2 is 2.24 bits per heavy atom. The van der Waals surface area contributed by atoms with Crippen LogP contribution in [-0.2, 0) is 0 Å². The summed E-state index contributed by atoms with van der Waals surface area (Å²) in [6.45, 7) is 0. The Morgan fingerprint density at radius 1 is 1.41 bits per heavy atom. The number of amides is 1. The van der Waals surface area contributed by atoms with E-state index in [0.29, 0.717) is 16.0 Å². The van der Waals surface area contributed by atoms with Crippen LogP contribution in [0.3, 0.4) is 0 Å². The first-order chi connectivity index (χ1) is 8.19. The first-order valence-corrected chi connectivity index (χ1v) is 5.82. The van der Waals surface area contributed by atoms with Gasteiger partial charge in [0.25, 0.3) is 5.91 Å². The lowest BCUT2D eigenvalue weighted by Crippen LogP contribution is -2.12. The number of hydrogen-bond donors (Lipinski definition) is 2. The van der Waals surface area contributed by atoms with E-state index in [1.54, 1.807) is 19.2 Å². The van der Waals surface area contributed by atoms with Crippen LogP contribution in [-0.4, -0.2) is 28.1 Å². The summed E-state index contributed by atoms with van der Waals surface area (Å²) >= 11 is 6.85. The molecule has 17 heavy (non-hydrogen) atoms. The second-order valence-corrected chi connectivity index (χ2v) is 4.39. The maximum Gasteiger partial charge on any atom is 0.287 e. The molecule has 1 amide bonds. The maximum atomic E-state index is 11.7. The Bertz CT molecular complexity index is 526. The third-order valence-corrected chi connectivity index (χ3v) is 2.97. The Morgan fingerprint density at radius 3 is 2.82 bits per heavy atom. The number of halogens is 1. The molecule has 88 valence electrons. The average Bonchev–Trinajstić information content (AvgIpc) is 2.81. The van der Waals surface area contributed by atoms with E-state index in [0.717, 1.165) is 11.3 Å². The molecule has 6 nitrogen and oxygen atoms in total. The van der Waals surface area contributed by atoms with E-state index >= 15 is 0 Å². The van der Waals surface area contributed by atoms with E-state index in [1.807, 2.05) is 0 Å². The molecule has 2 aromatic heterocycles. The molecule has 0 aliphatic carbocycles. The molecular weight excluding hydrogens is 262 g/mol. The zero-order chi connectivity index (χ0) is 12.3. The van der Waals surface area contributed by atoms with Gasteiger partial charge in [-0.1, -0.05) is 22.9 Å². The van der Waals surface area contributed by atoms with E-state index in [-0.39, 0.29) is 10.9 Å². The van der Waals surface area contributed by atoms with Crippen LogP contribution in [0, 0.1) is 0 Å². The minimum absolute atomic E-state index is 0.270. The number of pyridine rings is 1. The van der Waals surface area contributed by atoms with Crippen molar-refractivity contribution in [2.24, 2.45) is 0 Å². The van der Waals surface area contributed by atoms with Crippen LogP contribution in [0.1, 0.15) is 9.80 Å². The number of nitrogens with zero attached hydrogens (tertiary/aromatic N) is 3. The van der Waals surface area contributed by atoms with Crippen molar-refractivity contribution >= 4 is 39.8 Å². The third-order valence-electron chi connectivity index (χ3n) is 1.80. The molecule has 2 N–H and O–H groups in total. The van der Waals surface area contributed by atoms with Gasteiger partial charge in [-0.3, -0.25) is 4.79 Å². The topological polar surface area (TPSA) is 79.8 Å². The van der Waals surface area contributed by atoms with Crippen molar-refractivity contribution < 1.29 is 4.79 Å². The Hall–Kier alpha value is -1.73. The van der Waals surface area contributed by atoms with E-state index < -0.39 is 0 Å². The molecule has 0 saturated carbocycles. The molecule has 8 heteroatoms. The molecular formula is C9H8ClN5OS. The van der Waals surface area contributed by atoms with Gasteiger partial charge in [-0.05, 0) is 12.1 Å². The maximum absolute atomic E-state index is 11.7. The third kappa shape index (κ3) is 2.89. The van der Waals surface area contributed by atoms with Crippen LogP contribution in [0.25, 0.3) is 0 Å². The number of anilines is 2. The van der Waals surface area contributed by atoms with Gasteiger partial charge in [0, 0.05) is 13.2 Å². The van der Waals surface area contributed by atoms with Gasteiger partial charge in [0.05, 0.1) is 5.02 Å². The largest absolute Gasteiger partial charge is 0.363 e. The van der Waals surface area contributed by atoms with Crippen LogP contribution in [0.2, 0.25) is 5.02 Å². The molecule has 0 aliphatic rings. The normalized spacial score (nSPS) is 10.0. The highest BCUT2D eigenvalue weighted by Crippen LogP contribution is 2.16. The molecule has 0 saturated heterocycles. The molecule has 0 aliphatic heterocycles. The summed E-state index contributed by atoms with van der Waals surface area (Å²) in [4.78, 5) is 15.7. The number of aromatic nitrogens is 3. The lowest BCUT2D eigenvalue weighted by Gasteiger charge is -2.00. The van der Waals surface area contributed by atoms with E-state index in [4.69, 9.17) is 11.6 Å². The fourth-order valence-corrected chi connectivity index (χ4v) is 1.74. The Balaban J connectivity index is 2.08. The quantitative estimate of drug-likeness (QED) is 0.889. The highest BCUT2D eigenvalue weighted by molar-refractivity contribution is 7.17. The van der Waals surface area contributed by atoms with Crippen LogP contribution in [0.4, 0.5) is 10.9 Å². The van der Waals surface area contributed by atoms with Crippen molar-refractivity contribution in [3.05, 3.63) is 28.4 Å². The summed E-state index contributed by atoms with van der Waals surface area (Å²) in [7, 11) is 1.71. The Labute approximate surface area is 106 Å². The second-order valence-electron chi connectivity index (χ2n) is 2.98. The zero-order valence-corrected chi connectivity index (χ0v) is 10.3. The lowest BCUT2D eigenvalue weighted by atomic mass is 10.4. The molecule has 0 spiro atoms. The number of hydrogen-bond acceptors (Lipinski definition) is 6. The van der Waals surface area contributed by atoms with Crippen molar-refractivity contribution in [3.63, 3.8) is 0 Å². The van der Waals surface area contributed by atoms with Crippen molar-refractivity contribution in [3.8, 4) is 0 Å². The minimum Gasteiger partial charge on any atom is -0.363 e. The van der Waals surface area contributed by atoms with Gasteiger partial charge >= 0.3 is 0 Å². The smallest absolute Gasteiger partial charge is 0.287 e. The lowest BCUT2D eigenvalue weighted by molar-refractivity contribution is 0.102. The van der Waals surface area contributed by atoms with Crippen molar-refractivity contribution in [1.82, 2.24) is 15.2 Å². The SMILES string of the molecule is CNc1nnc(C(=O)Nc2ccc(Cl)cn2)s1. The van der Waals surface area contributed by atoms with Crippen LogP contribution in [0.15, 0.2) is 18.3 Å².